The van der Waals surface area contributed by atoms with E-state index in [0.29, 0.717) is 22.7 Å². The molecule has 3 rings (SSSR count). The van der Waals surface area contributed by atoms with Crippen LogP contribution in [0.5, 0.6) is 11.5 Å². The number of hydrogen-bond donors (Lipinski definition) is 1. The molecule has 5 heteroatoms. The van der Waals surface area contributed by atoms with E-state index in [1.165, 1.54) is 0 Å². The lowest BCUT2D eigenvalue weighted by atomic mass is 10.1. The largest absolute Gasteiger partial charge is 0.493 e. The van der Waals surface area contributed by atoms with Crippen LogP contribution in [0.2, 0.25) is 0 Å². The van der Waals surface area contributed by atoms with Crippen LogP contribution in [0.1, 0.15) is 27.3 Å². The molecule has 1 aromatic heterocycles. The van der Waals surface area contributed by atoms with Gasteiger partial charge in [-0.3, -0.25) is 4.79 Å². The topological polar surface area (TPSA) is 52.5 Å². The van der Waals surface area contributed by atoms with Gasteiger partial charge in [0.25, 0.3) is 5.91 Å². The monoisotopic (exact) mass is 364 g/mol. The Morgan fingerprint density at radius 2 is 1.41 bits per heavy atom. The van der Waals surface area contributed by atoms with E-state index in [0.717, 1.165) is 22.6 Å². The highest BCUT2D eigenvalue weighted by Gasteiger charge is 2.13. The van der Waals surface area contributed by atoms with Gasteiger partial charge in [-0.2, -0.15) is 0 Å². The molecule has 0 unspecified atom stereocenters. The van der Waals surface area contributed by atoms with E-state index in [1.807, 2.05) is 37.3 Å². The summed E-state index contributed by atoms with van der Waals surface area (Å²) < 4.78 is 12.8. The van der Waals surface area contributed by atoms with Gasteiger partial charge in [-0.25, -0.2) is 0 Å². The molecule has 5 nitrogen and oxygen atoms in total. The Labute approximate surface area is 159 Å². The van der Waals surface area contributed by atoms with Crippen LogP contribution >= 0.6 is 0 Å². The molecule has 1 amide bonds. The van der Waals surface area contributed by atoms with E-state index >= 15 is 0 Å². The number of aryl methyl sites for hydroxylation is 3. The minimum atomic E-state index is -0.169. The molecule has 0 saturated carbocycles. The highest BCUT2D eigenvalue weighted by Crippen LogP contribution is 2.33. The lowest BCUT2D eigenvalue weighted by Crippen LogP contribution is -2.13. The number of nitrogens with one attached hydrogen (secondary N) is 1. The molecule has 0 aliphatic carbocycles. The minimum absolute atomic E-state index is 0.169. The number of rotatable bonds is 5. The summed E-state index contributed by atoms with van der Waals surface area (Å²) in [6, 6.07) is 15.3. The van der Waals surface area contributed by atoms with E-state index < -0.39 is 0 Å². The molecule has 0 atom stereocenters. The van der Waals surface area contributed by atoms with Crippen LogP contribution in [0.25, 0.3) is 5.69 Å². The molecule has 0 spiro atoms. The second-order valence-electron chi connectivity index (χ2n) is 6.47. The predicted molar refractivity (Wildman–Crippen MR) is 107 cm³/mol. The summed E-state index contributed by atoms with van der Waals surface area (Å²) in [4.78, 5) is 12.7. The van der Waals surface area contributed by atoms with Crippen molar-refractivity contribution in [1.82, 2.24) is 4.57 Å². The maximum atomic E-state index is 12.7. The van der Waals surface area contributed by atoms with Crippen molar-refractivity contribution >= 4 is 11.6 Å². The van der Waals surface area contributed by atoms with Crippen LogP contribution in [0.4, 0.5) is 5.69 Å². The molecular weight excluding hydrogens is 340 g/mol. The fourth-order valence-corrected chi connectivity index (χ4v) is 3.15. The Bertz CT molecular complexity index is 952. The lowest BCUT2D eigenvalue weighted by Gasteiger charge is -2.14. The summed E-state index contributed by atoms with van der Waals surface area (Å²) in [6.45, 7) is 6.04. The Hall–Kier alpha value is -3.21. The number of hydrogen-bond acceptors (Lipinski definition) is 3. The maximum absolute atomic E-state index is 12.7. The molecule has 2 aromatic carbocycles. The van der Waals surface area contributed by atoms with Crippen molar-refractivity contribution in [2.75, 3.05) is 19.5 Å². The van der Waals surface area contributed by atoms with Crippen LogP contribution in [-0.4, -0.2) is 24.7 Å². The van der Waals surface area contributed by atoms with E-state index in [4.69, 9.17) is 9.47 Å². The summed E-state index contributed by atoms with van der Waals surface area (Å²) in [5.74, 6) is 1.04. The smallest absolute Gasteiger partial charge is 0.255 e. The van der Waals surface area contributed by atoms with Crippen molar-refractivity contribution in [1.29, 1.82) is 0 Å². The quantitative estimate of drug-likeness (QED) is 0.716. The number of nitrogens with zero attached hydrogens (tertiary/aromatic N) is 1. The van der Waals surface area contributed by atoms with Crippen LogP contribution in [0.3, 0.4) is 0 Å². The molecule has 27 heavy (non-hydrogen) atoms. The van der Waals surface area contributed by atoms with Crippen molar-refractivity contribution in [3.05, 3.63) is 71.0 Å². The van der Waals surface area contributed by atoms with E-state index in [1.54, 1.807) is 20.3 Å². The fourth-order valence-electron chi connectivity index (χ4n) is 3.15. The number of amides is 1. The number of carbonyl (C=O) groups excluding carboxylic acids is 1. The van der Waals surface area contributed by atoms with Gasteiger partial charge < -0.3 is 19.4 Å². The maximum Gasteiger partial charge on any atom is 0.255 e. The zero-order valence-corrected chi connectivity index (χ0v) is 16.3. The molecule has 140 valence electrons. The standard InChI is InChI=1S/C22H24N2O3/c1-14-12-20(26-4)21(27-5)13-19(14)23-22(25)17-8-10-18(11-9-17)24-15(2)6-7-16(24)3/h6-13H,1-5H3,(H,23,25). The first kappa shape index (κ1) is 18.6. The second-order valence-corrected chi connectivity index (χ2v) is 6.47. The van der Waals surface area contributed by atoms with E-state index in [9.17, 15) is 4.79 Å². The average molecular weight is 364 g/mol. The van der Waals surface area contributed by atoms with Crippen LogP contribution in [0.15, 0.2) is 48.5 Å². The Morgan fingerprint density at radius 1 is 0.852 bits per heavy atom. The number of methoxy groups -OCH3 is 2. The van der Waals surface area contributed by atoms with Crippen molar-refractivity contribution in [2.45, 2.75) is 20.8 Å². The van der Waals surface area contributed by atoms with E-state index in [-0.39, 0.29) is 5.91 Å². The summed E-state index contributed by atoms with van der Waals surface area (Å²) >= 11 is 0. The molecule has 0 radical (unpaired) electrons. The Balaban J connectivity index is 1.83. The molecule has 0 aliphatic heterocycles. The first-order valence-electron chi connectivity index (χ1n) is 8.74. The highest BCUT2D eigenvalue weighted by molar-refractivity contribution is 6.04. The number of ether oxygens (including phenoxy) is 2. The van der Waals surface area contributed by atoms with Crippen molar-refractivity contribution in [3.63, 3.8) is 0 Å². The van der Waals surface area contributed by atoms with E-state index in [2.05, 4.69) is 35.9 Å². The third-order valence-electron chi connectivity index (χ3n) is 4.64. The Morgan fingerprint density at radius 3 is 1.96 bits per heavy atom. The van der Waals surface area contributed by atoms with Gasteiger partial charge in [0.1, 0.15) is 0 Å². The van der Waals surface area contributed by atoms with Crippen molar-refractivity contribution in [3.8, 4) is 17.2 Å². The Kier molecular flexibility index (Phi) is 5.21. The van der Waals surface area contributed by atoms with Crippen LogP contribution in [-0.2, 0) is 0 Å². The predicted octanol–water partition coefficient (Wildman–Crippen LogP) is 4.67. The molecule has 0 aliphatic rings. The molecule has 3 aromatic rings. The first-order valence-corrected chi connectivity index (χ1v) is 8.74. The fraction of sp³-hybridized carbons (Fsp3) is 0.227. The van der Waals surface area contributed by atoms with Crippen LogP contribution < -0.4 is 14.8 Å². The third kappa shape index (κ3) is 3.67. The molecular formula is C22H24N2O3. The molecule has 1 heterocycles. The molecule has 0 bridgehead atoms. The molecule has 0 saturated heterocycles. The van der Waals surface area contributed by atoms with Gasteiger partial charge in [-0.05, 0) is 68.8 Å². The molecule has 1 N–H and O–H groups in total. The molecule has 0 fully saturated rings. The number of aromatic nitrogens is 1. The average Bonchev–Trinajstić information content (AvgIpc) is 3.01. The summed E-state index contributed by atoms with van der Waals surface area (Å²) in [5, 5.41) is 2.95. The summed E-state index contributed by atoms with van der Waals surface area (Å²) in [7, 11) is 3.16. The van der Waals surface area contributed by atoms with Gasteiger partial charge in [-0.1, -0.05) is 0 Å². The van der Waals surface area contributed by atoms with Crippen LogP contribution in [0, 0.1) is 20.8 Å². The van der Waals surface area contributed by atoms with Gasteiger partial charge in [0, 0.05) is 34.4 Å². The van der Waals surface area contributed by atoms with Gasteiger partial charge >= 0.3 is 0 Å². The zero-order chi connectivity index (χ0) is 19.6. The summed E-state index contributed by atoms with van der Waals surface area (Å²) in [5.41, 5.74) is 5.54. The second kappa shape index (κ2) is 7.58. The zero-order valence-electron chi connectivity index (χ0n) is 16.3. The minimum Gasteiger partial charge on any atom is -0.493 e. The highest BCUT2D eigenvalue weighted by atomic mass is 16.5. The van der Waals surface area contributed by atoms with Crippen molar-refractivity contribution in [2.24, 2.45) is 0 Å². The third-order valence-corrected chi connectivity index (χ3v) is 4.64. The van der Waals surface area contributed by atoms with Gasteiger partial charge in [0.05, 0.1) is 14.2 Å². The normalized spacial score (nSPS) is 10.6. The SMILES string of the molecule is COc1cc(C)c(NC(=O)c2ccc(-n3c(C)ccc3C)cc2)cc1OC. The number of anilines is 1. The van der Waals surface area contributed by atoms with Crippen molar-refractivity contribution < 1.29 is 14.3 Å². The summed E-state index contributed by atoms with van der Waals surface area (Å²) in [6.07, 6.45) is 0. The number of benzene rings is 2. The number of carbonyl (C=O) groups is 1. The van der Waals surface area contributed by atoms with Gasteiger partial charge in [-0.15, -0.1) is 0 Å². The first-order chi connectivity index (χ1) is 12.9. The van der Waals surface area contributed by atoms with Gasteiger partial charge in [0.15, 0.2) is 11.5 Å². The van der Waals surface area contributed by atoms with Gasteiger partial charge in [0.2, 0.25) is 0 Å². The lowest BCUT2D eigenvalue weighted by molar-refractivity contribution is 0.102.